The summed E-state index contributed by atoms with van der Waals surface area (Å²) in [5.74, 6) is -0.988. The van der Waals surface area contributed by atoms with Crippen molar-refractivity contribution in [3.8, 4) is 0 Å². The number of nitrogens with one attached hydrogen (secondary N) is 1. The van der Waals surface area contributed by atoms with Crippen LogP contribution in [0.15, 0.2) is 18.2 Å². The fourth-order valence-corrected chi connectivity index (χ4v) is 2.96. The molecule has 1 aliphatic carbocycles. The van der Waals surface area contributed by atoms with E-state index in [0.717, 1.165) is 32.1 Å². The number of aliphatic carboxylic acids is 1. The maximum Gasteiger partial charge on any atom is 0.326 e. The van der Waals surface area contributed by atoms with Gasteiger partial charge in [0.15, 0.2) is 0 Å². The van der Waals surface area contributed by atoms with Crippen LogP contribution >= 0.6 is 11.6 Å². The van der Waals surface area contributed by atoms with Crippen molar-refractivity contribution in [2.75, 3.05) is 5.32 Å². The third kappa shape index (κ3) is 3.85. The number of carbonyl (C=O) groups is 1. The Kier molecular flexibility index (Phi) is 5.01. The summed E-state index contributed by atoms with van der Waals surface area (Å²) in [6.45, 7) is 0. The van der Waals surface area contributed by atoms with Crippen LogP contribution in [0, 0.1) is 16.0 Å². The normalized spacial score (nSPS) is 17.2. The van der Waals surface area contributed by atoms with Crippen LogP contribution in [0.1, 0.15) is 32.1 Å². The van der Waals surface area contributed by atoms with Crippen molar-refractivity contribution in [1.82, 2.24) is 0 Å². The van der Waals surface area contributed by atoms with Crippen molar-refractivity contribution in [3.05, 3.63) is 33.3 Å². The number of anilines is 1. The first kappa shape index (κ1) is 15.6. The first-order valence-corrected chi connectivity index (χ1v) is 7.30. The van der Waals surface area contributed by atoms with Crippen LogP contribution in [0.3, 0.4) is 0 Å². The van der Waals surface area contributed by atoms with Gasteiger partial charge < -0.3 is 10.4 Å². The molecule has 7 heteroatoms. The van der Waals surface area contributed by atoms with Gasteiger partial charge in [-0.3, -0.25) is 10.1 Å². The highest BCUT2D eigenvalue weighted by atomic mass is 35.5. The van der Waals surface area contributed by atoms with Gasteiger partial charge in [-0.1, -0.05) is 30.9 Å². The smallest absolute Gasteiger partial charge is 0.326 e. The van der Waals surface area contributed by atoms with Crippen LogP contribution in [0.4, 0.5) is 11.4 Å². The highest BCUT2D eigenvalue weighted by Crippen LogP contribution is 2.32. The van der Waals surface area contributed by atoms with Crippen LogP contribution in [0.2, 0.25) is 5.02 Å². The zero-order chi connectivity index (χ0) is 15.4. The second kappa shape index (κ2) is 6.76. The molecule has 0 heterocycles. The molecule has 0 aromatic heterocycles. The zero-order valence-corrected chi connectivity index (χ0v) is 12.2. The summed E-state index contributed by atoms with van der Waals surface area (Å²) in [6, 6.07) is 3.38. The average Bonchev–Trinajstić information content (AvgIpc) is 2.46. The summed E-state index contributed by atoms with van der Waals surface area (Å²) in [5.41, 5.74) is -0.00747. The van der Waals surface area contributed by atoms with Crippen molar-refractivity contribution in [3.63, 3.8) is 0 Å². The summed E-state index contributed by atoms with van der Waals surface area (Å²) >= 11 is 5.76. The Morgan fingerprint density at radius 3 is 2.62 bits per heavy atom. The molecule has 1 fully saturated rings. The molecule has 114 valence electrons. The lowest BCUT2D eigenvalue weighted by molar-refractivity contribution is -0.384. The minimum absolute atomic E-state index is 0.00784. The number of rotatable bonds is 5. The van der Waals surface area contributed by atoms with Crippen molar-refractivity contribution < 1.29 is 14.8 Å². The lowest BCUT2D eigenvalue weighted by atomic mass is 9.84. The minimum atomic E-state index is -0.980. The molecule has 1 aromatic carbocycles. The molecular weight excluding hydrogens is 296 g/mol. The predicted octanol–water partition coefficient (Wildman–Crippen LogP) is 3.69. The average molecular weight is 313 g/mol. The van der Waals surface area contributed by atoms with Crippen molar-refractivity contribution in [2.45, 2.75) is 38.1 Å². The molecule has 21 heavy (non-hydrogen) atoms. The van der Waals surface area contributed by atoms with Gasteiger partial charge in [-0.05, 0) is 30.9 Å². The Bertz CT molecular complexity index is 544. The summed E-state index contributed by atoms with van der Waals surface area (Å²) < 4.78 is 0. The van der Waals surface area contributed by atoms with E-state index in [1.807, 2.05) is 0 Å². The molecule has 1 saturated carbocycles. The number of nitrogens with zero attached hydrogens (tertiary/aromatic N) is 1. The van der Waals surface area contributed by atoms with Crippen LogP contribution < -0.4 is 5.32 Å². The molecule has 2 N–H and O–H groups in total. The third-order valence-corrected chi connectivity index (χ3v) is 4.09. The van der Waals surface area contributed by atoms with Crippen LogP contribution in [-0.2, 0) is 4.79 Å². The van der Waals surface area contributed by atoms with Crippen LogP contribution in [-0.4, -0.2) is 22.0 Å². The summed E-state index contributed by atoms with van der Waals surface area (Å²) in [4.78, 5) is 22.0. The van der Waals surface area contributed by atoms with E-state index < -0.39 is 16.9 Å². The van der Waals surface area contributed by atoms with Crippen LogP contribution in [0.25, 0.3) is 0 Å². The van der Waals surface area contributed by atoms with Gasteiger partial charge in [0.25, 0.3) is 5.69 Å². The second-order valence-electron chi connectivity index (χ2n) is 5.28. The molecule has 1 aliphatic rings. The monoisotopic (exact) mass is 312 g/mol. The maximum atomic E-state index is 11.5. The Balaban J connectivity index is 2.24. The largest absolute Gasteiger partial charge is 0.480 e. The van der Waals surface area contributed by atoms with Gasteiger partial charge in [-0.25, -0.2) is 4.79 Å². The van der Waals surface area contributed by atoms with E-state index >= 15 is 0 Å². The lowest BCUT2D eigenvalue weighted by Crippen LogP contribution is -2.38. The number of carboxylic acids is 1. The van der Waals surface area contributed by atoms with E-state index in [4.69, 9.17) is 11.6 Å². The molecule has 0 spiro atoms. The molecule has 1 aromatic rings. The number of carboxylic acid groups (broad SMARTS) is 1. The van der Waals surface area contributed by atoms with Crippen molar-refractivity contribution in [1.29, 1.82) is 0 Å². The van der Waals surface area contributed by atoms with E-state index in [1.165, 1.54) is 18.2 Å². The molecule has 0 saturated heterocycles. The van der Waals surface area contributed by atoms with Gasteiger partial charge in [0.05, 0.1) is 4.92 Å². The number of benzene rings is 1. The summed E-state index contributed by atoms with van der Waals surface area (Å²) in [6.07, 6.45) is 4.76. The Morgan fingerprint density at radius 1 is 1.38 bits per heavy atom. The van der Waals surface area contributed by atoms with E-state index in [-0.39, 0.29) is 22.3 Å². The molecule has 6 nitrogen and oxygen atoms in total. The molecule has 2 rings (SSSR count). The highest BCUT2D eigenvalue weighted by molar-refractivity contribution is 6.30. The van der Waals surface area contributed by atoms with Gasteiger partial charge in [0, 0.05) is 11.1 Å². The molecular formula is C14H17ClN2O4. The van der Waals surface area contributed by atoms with Gasteiger partial charge in [-0.2, -0.15) is 0 Å². The van der Waals surface area contributed by atoms with E-state index in [2.05, 4.69) is 5.32 Å². The quantitative estimate of drug-likeness (QED) is 0.639. The standard InChI is InChI=1S/C14H17ClN2O4/c15-10-6-7-11(12(8-10)17(20)21)16-13(14(18)19)9-4-2-1-3-5-9/h6-9,13,16H,1-5H2,(H,18,19). The number of halogens is 1. The third-order valence-electron chi connectivity index (χ3n) is 3.85. The highest BCUT2D eigenvalue weighted by Gasteiger charge is 2.31. The fourth-order valence-electron chi connectivity index (χ4n) is 2.79. The minimum Gasteiger partial charge on any atom is -0.480 e. The Labute approximate surface area is 127 Å². The van der Waals surface area contributed by atoms with Crippen molar-refractivity contribution in [2.24, 2.45) is 5.92 Å². The number of hydrogen-bond acceptors (Lipinski definition) is 4. The summed E-state index contributed by atoms with van der Waals surface area (Å²) in [5, 5.41) is 23.5. The zero-order valence-electron chi connectivity index (χ0n) is 11.4. The number of nitro groups is 1. The van der Waals surface area contributed by atoms with Gasteiger partial charge >= 0.3 is 5.97 Å². The topological polar surface area (TPSA) is 92.5 Å². The Morgan fingerprint density at radius 2 is 2.05 bits per heavy atom. The number of hydrogen-bond donors (Lipinski definition) is 2. The SMILES string of the molecule is O=C(O)C(Nc1ccc(Cl)cc1[N+](=O)[O-])C1CCCCC1. The molecule has 1 unspecified atom stereocenters. The van der Waals surface area contributed by atoms with Crippen LogP contribution in [0.5, 0.6) is 0 Å². The first-order chi connectivity index (χ1) is 9.99. The molecule has 0 aliphatic heterocycles. The fraction of sp³-hybridized carbons (Fsp3) is 0.500. The lowest BCUT2D eigenvalue weighted by Gasteiger charge is -2.28. The van der Waals surface area contributed by atoms with Gasteiger partial charge in [0.1, 0.15) is 11.7 Å². The second-order valence-corrected chi connectivity index (χ2v) is 5.71. The molecule has 1 atom stereocenters. The first-order valence-electron chi connectivity index (χ1n) is 6.92. The van der Waals surface area contributed by atoms with E-state index in [1.54, 1.807) is 0 Å². The Hall–Kier alpha value is -1.82. The maximum absolute atomic E-state index is 11.5. The predicted molar refractivity (Wildman–Crippen MR) is 79.7 cm³/mol. The van der Waals surface area contributed by atoms with Gasteiger partial charge in [-0.15, -0.1) is 0 Å². The molecule has 0 amide bonds. The van der Waals surface area contributed by atoms with E-state index in [0.29, 0.717) is 0 Å². The molecule has 0 bridgehead atoms. The molecule has 0 radical (unpaired) electrons. The summed E-state index contributed by atoms with van der Waals surface area (Å²) in [7, 11) is 0. The van der Waals surface area contributed by atoms with Gasteiger partial charge in [0.2, 0.25) is 0 Å². The number of nitro benzene ring substituents is 1. The van der Waals surface area contributed by atoms with Crippen molar-refractivity contribution >= 4 is 28.9 Å². The van der Waals surface area contributed by atoms with E-state index in [9.17, 15) is 20.0 Å².